The number of aromatic nitrogens is 1. The number of carbonyl (C=O) groups is 1. The number of nitrogens with zero attached hydrogens (tertiary/aromatic N) is 1. The molecule has 134 valence electrons. The van der Waals surface area contributed by atoms with Crippen molar-refractivity contribution >= 4 is 34.3 Å². The number of esters is 1. The van der Waals surface area contributed by atoms with Crippen molar-refractivity contribution in [3.05, 3.63) is 63.3 Å². The first-order valence-corrected chi connectivity index (χ1v) is 8.94. The normalized spacial score (nSPS) is 10.9. The summed E-state index contributed by atoms with van der Waals surface area (Å²) >= 11 is 1.40. The van der Waals surface area contributed by atoms with Gasteiger partial charge in [-0.1, -0.05) is 17.8 Å². The van der Waals surface area contributed by atoms with E-state index >= 15 is 0 Å². The fraction of sp³-hybridized carbons (Fsp3) is 0.211. The molecule has 0 radical (unpaired) electrons. The molecule has 0 amide bonds. The van der Waals surface area contributed by atoms with Crippen LogP contribution in [0.4, 0.5) is 5.69 Å². The first kappa shape index (κ1) is 18.0. The summed E-state index contributed by atoms with van der Waals surface area (Å²) in [6.45, 7) is 6.00. The van der Waals surface area contributed by atoms with Crippen LogP contribution >= 0.6 is 11.8 Å². The van der Waals surface area contributed by atoms with Gasteiger partial charge in [-0.25, -0.2) is 4.79 Å². The molecule has 3 rings (SSSR count). The molecule has 0 saturated carbocycles. The van der Waals surface area contributed by atoms with Crippen LogP contribution < -0.4 is 0 Å². The van der Waals surface area contributed by atoms with Gasteiger partial charge in [-0.15, -0.1) is 0 Å². The van der Waals surface area contributed by atoms with E-state index < -0.39 is 10.9 Å². The summed E-state index contributed by atoms with van der Waals surface area (Å²) in [7, 11) is 0. The van der Waals surface area contributed by atoms with Crippen LogP contribution in [-0.2, 0) is 4.74 Å². The maximum Gasteiger partial charge on any atom is 0.355 e. The van der Waals surface area contributed by atoms with Crippen LogP contribution in [-0.4, -0.2) is 22.5 Å². The zero-order valence-electron chi connectivity index (χ0n) is 14.7. The third-order valence-electron chi connectivity index (χ3n) is 3.84. The molecule has 26 heavy (non-hydrogen) atoms. The van der Waals surface area contributed by atoms with Crippen molar-refractivity contribution in [1.29, 1.82) is 0 Å². The highest BCUT2D eigenvalue weighted by Gasteiger charge is 2.22. The van der Waals surface area contributed by atoms with Gasteiger partial charge < -0.3 is 9.72 Å². The molecular formula is C19H18N2O4S. The second kappa shape index (κ2) is 7.21. The van der Waals surface area contributed by atoms with E-state index in [-0.39, 0.29) is 12.3 Å². The number of fused-ring (bicyclic) bond motifs is 1. The molecule has 1 N–H and O–H groups in total. The van der Waals surface area contributed by atoms with Crippen LogP contribution in [0.25, 0.3) is 10.9 Å². The highest BCUT2D eigenvalue weighted by molar-refractivity contribution is 7.99. The van der Waals surface area contributed by atoms with E-state index in [1.54, 1.807) is 13.0 Å². The van der Waals surface area contributed by atoms with E-state index in [0.29, 0.717) is 21.5 Å². The number of hydrogen-bond acceptors (Lipinski definition) is 5. The zero-order chi connectivity index (χ0) is 18.8. The number of nitro groups is 1. The molecule has 0 aliphatic rings. The summed E-state index contributed by atoms with van der Waals surface area (Å²) in [6, 6.07) is 10.6. The zero-order valence-corrected chi connectivity index (χ0v) is 15.5. The van der Waals surface area contributed by atoms with Crippen molar-refractivity contribution in [3.8, 4) is 0 Å². The summed E-state index contributed by atoms with van der Waals surface area (Å²) in [6.07, 6.45) is 0. The Balaban J connectivity index is 2.17. The molecule has 0 atom stereocenters. The molecule has 6 nitrogen and oxygen atoms in total. The molecule has 0 saturated heterocycles. The van der Waals surface area contributed by atoms with Crippen molar-refractivity contribution in [1.82, 2.24) is 4.98 Å². The SMILES string of the molecule is CCOC(=O)c1[nH]c2ccc([N+](=O)[O-])cc2c1Sc1cc(C)cc(C)c1. The monoisotopic (exact) mass is 370 g/mol. The van der Waals surface area contributed by atoms with Gasteiger partial charge in [0.15, 0.2) is 0 Å². The molecule has 0 bridgehead atoms. The molecule has 1 heterocycles. The topological polar surface area (TPSA) is 85.2 Å². The van der Waals surface area contributed by atoms with E-state index in [2.05, 4.69) is 11.1 Å². The second-order valence-corrected chi connectivity index (χ2v) is 7.05. The van der Waals surface area contributed by atoms with E-state index in [4.69, 9.17) is 4.74 Å². The molecule has 0 spiro atoms. The maximum atomic E-state index is 12.4. The van der Waals surface area contributed by atoms with Crippen molar-refractivity contribution in [2.45, 2.75) is 30.6 Å². The van der Waals surface area contributed by atoms with E-state index in [1.165, 1.54) is 23.9 Å². The number of H-pyrrole nitrogens is 1. The van der Waals surface area contributed by atoms with Crippen molar-refractivity contribution in [2.24, 2.45) is 0 Å². The van der Waals surface area contributed by atoms with Crippen LogP contribution in [0.2, 0.25) is 0 Å². The van der Waals surface area contributed by atoms with Crippen molar-refractivity contribution in [3.63, 3.8) is 0 Å². The minimum atomic E-state index is -0.474. The standard InChI is InChI=1S/C19H18N2O4S/c1-4-25-19(22)17-18(26-14-8-11(2)7-12(3)9-14)15-10-13(21(23)24)5-6-16(15)20-17/h5-10,20H,4H2,1-3H3. The first-order chi connectivity index (χ1) is 12.4. The largest absolute Gasteiger partial charge is 0.461 e. The Hall–Kier alpha value is -2.80. The molecule has 0 fully saturated rings. The lowest BCUT2D eigenvalue weighted by atomic mass is 10.2. The number of carbonyl (C=O) groups excluding carboxylic acids is 1. The molecule has 1 aromatic heterocycles. The second-order valence-electron chi connectivity index (χ2n) is 5.96. The Bertz CT molecular complexity index is 990. The van der Waals surface area contributed by atoms with E-state index in [9.17, 15) is 14.9 Å². The average Bonchev–Trinajstić information content (AvgIpc) is 2.92. The van der Waals surface area contributed by atoms with E-state index in [0.717, 1.165) is 16.0 Å². The number of nitrogens with one attached hydrogen (secondary N) is 1. The summed E-state index contributed by atoms with van der Waals surface area (Å²) in [5.41, 5.74) is 3.17. The molecule has 3 aromatic rings. The number of aryl methyl sites for hydroxylation is 2. The number of non-ortho nitro benzene ring substituents is 1. The number of nitro benzene ring substituents is 1. The smallest absolute Gasteiger partial charge is 0.355 e. The lowest BCUT2D eigenvalue weighted by Crippen LogP contribution is -2.06. The third-order valence-corrected chi connectivity index (χ3v) is 4.94. The van der Waals surface area contributed by atoms with Crippen molar-refractivity contribution < 1.29 is 14.5 Å². The van der Waals surface area contributed by atoms with Crippen molar-refractivity contribution in [2.75, 3.05) is 6.61 Å². The number of ether oxygens (including phenoxy) is 1. The first-order valence-electron chi connectivity index (χ1n) is 8.12. The molecule has 0 aliphatic heterocycles. The van der Waals surface area contributed by atoms with Crippen LogP contribution in [0, 0.1) is 24.0 Å². The predicted molar refractivity (Wildman–Crippen MR) is 101 cm³/mol. The van der Waals surface area contributed by atoms with Gasteiger partial charge >= 0.3 is 5.97 Å². The van der Waals surface area contributed by atoms with Gasteiger partial charge in [-0.2, -0.15) is 0 Å². The summed E-state index contributed by atoms with van der Waals surface area (Å²) in [5, 5.41) is 11.8. The van der Waals surface area contributed by atoms with Gasteiger partial charge in [-0.05, 0) is 50.1 Å². The molecule has 2 aromatic carbocycles. The Labute approximate surface area is 154 Å². The number of benzene rings is 2. The van der Waals surface area contributed by atoms with Gasteiger partial charge in [0.25, 0.3) is 5.69 Å². The summed E-state index contributed by atoms with van der Waals surface area (Å²) < 4.78 is 5.14. The Morgan fingerprint density at radius 2 is 1.88 bits per heavy atom. The van der Waals surface area contributed by atoms with Crippen LogP contribution in [0.3, 0.4) is 0 Å². The van der Waals surface area contributed by atoms with Gasteiger partial charge in [0.05, 0.1) is 16.4 Å². The predicted octanol–water partition coefficient (Wildman–Crippen LogP) is 5.02. The summed E-state index contributed by atoms with van der Waals surface area (Å²) in [5.74, 6) is -0.474. The number of aromatic amines is 1. The third kappa shape index (κ3) is 3.57. The molecule has 0 aliphatic carbocycles. The van der Waals surface area contributed by atoms with Gasteiger partial charge in [0.1, 0.15) is 5.69 Å². The molecule has 7 heteroatoms. The lowest BCUT2D eigenvalue weighted by molar-refractivity contribution is -0.384. The quantitative estimate of drug-likeness (QED) is 0.387. The minimum absolute atomic E-state index is 0.0193. The Morgan fingerprint density at radius 3 is 2.50 bits per heavy atom. The van der Waals surface area contributed by atoms with E-state index in [1.807, 2.05) is 26.0 Å². The Kier molecular flexibility index (Phi) is 4.99. The van der Waals surface area contributed by atoms with Crippen LogP contribution in [0.1, 0.15) is 28.5 Å². The summed E-state index contributed by atoms with van der Waals surface area (Å²) in [4.78, 5) is 27.7. The van der Waals surface area contributed by atoms with Gasteiger partial charge in [0.2, 0.25) is 0 Å². The number of rotatable bonds is 5. The number of hydrogen-bond donors (Lipinski definition) is 1. The van der Waals surface area contributed by atoms with Gasteiger partial charge in [-0.3, -0.25) is 10.1 Å². The van der Waals surface area contributed by atoms with Crippen LogP contribution in [0.15, 0.2) is 46.2 Å². The highest BCUT2D eigenvalue weighted by atomic mass is 32.2. The lowest BCUT2D eigenvalue weighted by Gasteiger charge is -2.07. The fourth-order valence-electron chi connectivity index (χ4n) is 2.83. The minimum Gasteiger partial charge on any atom is -0.461 e. The fourth-order valence-corrected chi connectivity index (χ4v) is 4.07. The molecule has 0 unspecified atom stereocenters. The molecular weight excluding hydrogens is 352 g/mol. The average molecular weight is 370 g/mol. The maximum absolute atomic E-state index is 12.4. The Morgan fingerprint density at radius 1 is 1.19 bits per heavy atom. The highest BCUT2D eigenvalue weighted by Crippen LogP contribution is 2.39. The van der Waals surface area contributed by atoms with Gasteiger partial charge in [0, 0.05) is 27.9 Å². The van der Waals surface area contributed by atoms with Crippen LogP contribution in [0.5, 0.6) is 0 Å².